The molecular weight excluding hydrogens is 631 g/mol. The maximum Gasteiger partial charge on any atom is 0.155 e. The highest BCUT2D eigenvalue weighted by molar-refractivity contribution is 7.27. The summed E-state index contributed by atoms with van der Waals surface area (Å²) in [6, 6.07) is 50.8. The molecular formula is C42H23NOS3. The number of benzene rings is 7. The van der Waals surface area contributed by atoms with Gasteiger partial charge in [0.25, 0.3) is 0 Å². The molecule has 4 heterocycles. The average Bonchev–Trinajstić information content (AvgIpc) is 3.89. The number of para-hydroxylation sites is 1. The van der Waals surface area contributed by atoms with Gasteiger partial charge in [-0.3, -0.25) is 0 Å². The molecule has 2 nitrogen and oxygen atoms in total. The Labute approximate surface area is 280 Å². The monoisotopic (exact) mass is 653 g/mol. The van der Waals surface area contributed by atoms with Gasteiger partial charge in [-0.25, -0.2) is 0 Å². The van der Waals surface area contributed by atoms with E-state index in [1.807, 2.05) is 34.0 Å². The highest BCUT2D eigenvalue weighted by Crippen LogP contribution is 2.53. The van der Waals surface area contributed by atoms with Crippen LogP contribution in [0.4, 0.5) is 17.1 Å². The first-order chi connectivity index (χ1) is 23.3. The van der Waals surface area contributed by atoms with Crippen molar-refractivity contribution in [3.8, 4) is 0 Å². The standard InChI is InChI=1S/C42H23NOS3/c1-5-19-34-29(14-1)38-33(23-30-26-13-4-8-22-37(26)47-42(30)39(38)44-34)43(31-17-9-15-27-24-11-2-6-20-35(24)45-40(27)31)32-18-10-16-28-25-12-3-7-21-36(25)46-41(28)32/h1-23H. The van der Waals surface area contributed by atoms with E-state index in [1.54, 1.807) is 0 Å². The lowest BCUT2D eigenvalue weighted by Gasteiger charge is -2.27. The molecule has 0 amide bonds. The molecule has 11 rings (SSSR count). The van der Waals surface area contributed by atoms with E-state index < -0.39 is 0 Å². The molecule has 0 atom stereocenters. The Morgan fingerprint density at radius 3 is 1.45 bits per heavy atom. The third-order valence-corrected chi connectivity index (χ3v) is 13.1. The molecule has 220 valence electrons. The van der Waals surface area contributed by atoms with E-state index in [2.05, 4.69) is 144 Å². The molecule has 0 fully saturated rings. The summed E-state index contributed by atoms with van der Waals surface area (Å²) in [7, 11) is 0. The van der Waals surface area contributed by atoms with Crippen molar-refractivity contribution in [1.82, 2.24) is 0 Å². The average molecular weight is 654 g/mol. The van der Waals surface area contributed by atoms with Crippen LogP contribution in [0.15, 0.2) is 144 Å². The molecule has 5 heteroatoms. The van der Waals surface area contributed by atoms with Crippen LogP contribution in [0.5, 0.6) is 0 Å². The van der Waals surface area contributed by atoms with Crippen molar-refractivity contribution in [2.45, 2.75) is 0 Å². The van der Waals surface area contributed by atoms with Crippen molar-refractivity contribution in [2.75, 3.05) is 4.90 Å². The first-order valence-corrected chi connectivity index (χ1v) is 18.1. The molecule has 0 spiro atoms. The Bertz CT molecular complexity index is 2930. The minimum absolute atomic E-state index is 0.911. The zero-order valence-corrected chi connectivity index (χ0v) is 27.3. The molecule has 0 N–H and O–H groups in total. The summed E-state index contributed by atoms with van der Waals surface area (Å²) in [5.41, 5.74) is 5.36. The van der Waals surface area contributed by atoms with Gasteiger partial charge in [-0.2, -0.15) is 0 Å². The quantitative estimate of drug-likeness (QED) is 0.189. The van der Waals surface area contributed by atoms with Gasteiger partial charge in [-0.1, -0.05) is 97.1 Å². The molecule has 0 aliphatic carbocycles. The first kappa shape index (κ1) is 25.9. The number of thiophene rings is 3. The lowest BCUT2D eigenvalue weighted by atomic mass is 10.0. The zero-order chi connectivity index (χ0) is 30.6. The van der Waals surface area contributed by atoms with E-state index in [-0.39, 0.29) is 0 Å². The van der Waals surface area contributed by atoms with E-state index in [1.165, 1.54) is 71.9 Å². The molecule has 0 aliphatic rings. The highest BCUT2D eigenvalue weighted by Gasteiger charge is 2.27. The predicted molar refractivity (Wildman–Crippen MR) is 207 cm³/mol. The van der Waals surface area contributed by atoms with Crippen molar-refractivity contribution in [1.29, 1.82) is 0 Å². The molecule has 0 saturated carbocycles. The van der Waals surface area contributed by atoms with Crippen LogP contribution in [-0.2, 0) is 0 Å². The number of anilines is 3. The van der Waals surface area contributed by atoms with E-state index >= 15 is 0 Å². The third kappa shape index (κ3) is 3.59. The Kier molecular flexibility index (Phi) is 5.33. The van der Waals surface area contributed by atoms with Crippen LogP contribution in [0, 0.1) is 0 Å². The van der Waals surface area contributed by atoms with Gasteiger partial charge in [0.05, 0.1) is 36.5 Å². The summed E-state index contributed by atoms with van der Waals surface area (Å²) in [6.45, 7) is 0. The van der Waals surface area contributed by atoms with Gasteiger partial charge in [0, 0.05) is 51.8 Å². The maximum absolute atomic E-state index is 6.82. The van der Waals surface area contributed by atoms with Crippen molar-refractivity contribution in [3.05, 3.63) is 140 Å². The van der Waals surface area contributed by atoms with Crippen LogP contribution < -0.4 is 4.90 Å². The molecule has 11 aromatic rings. The second kappa shape index (κ2) is 9.66. The Hall–Kier alpha value is -5.20. The van der Waals surface area contributed by atoms with Crippen LogP contribution in [0.25, 0.3) is 82.5 Å². The van der Waals surface area contributed by atoms with Crippen molar-refractivity contribution >= 4 is 134 Å². The summed E-state index contributed by atoms with van der Waals surface area (Å²) in [5, 5.41) is 9.93. The molecule has 0 saturated heterocycles. The predicted octanol–water partition coefficient (Wildman–Crippen LogP) is 14.2. The second-order valence-electron chi connectivity index (χ2n) is 12.0. The zero-order valence-electron chi connectivity index (χ0n) is 24.9. The topological polar surface area (TPSA) is 16.4 Å². The number of hydrogen-bond donors (Lipinski definition) is 0. The lowest BCUT2D eigenvalue weighted by Crippen LogP contribution is -2.10. The number of nitrogens with zero attached hydrogens (tertiary/aromatic N) is 1. The summed E-state index contributed by atoms with van der Waals surface area (Å²) in [4.78, 5) is 2.53. The molecule has 0 unspecified atom stereocenters. The lowest BCUT2D eigenvalue weighted by molar-refractivity contribution is 0.673. The van der Waals surface area contributed by atoms with Gasteiger partial charge in [-0.05, 0) is 42.5 Å². The minimum Gasteiger partial charge on any atom is -0.454 e. The van der Waals surface area contributed by atoms with Crippen molar-refractivity contribution in [3.63, 3.8) is 0 Å². The summed E-state index contributed by atoms with van der Waals surface area (Å²) in [6.07, 6.45) is 0. The maximum atomic E-state index is 6.82. The Morgan fingerprint density at radius 1 is 0.383 bits per heavy atom. The first-order valence-electron chi connectivity index (χ1n) is 15.7. The summed E-state index contributed by atoms with van der Waals surface area (Å²) in [5.74, 6) is 0. The van der Waals surface area contributed by atoms with Crippen molar-refractivity contribution in [2.24, 2.45) is 0 Å². The van der Waals surface area contributed by atoms with Crippen LogP contribution in [0.2, 0.25) is 0 Å². The SMILES string of the molecule is c1ccc2c(c1)oc1c3sc4ccccc4c3cc(N(c3cccc4c3sc3ccccc34)c3cccc4c3sc3ccccc34)c21. The van der Waals surface area contributed by atoms with Gasteiger partial charge < -0.3 is 9.32 Å². The van der Waals surface area contributed by atoms with Gasteiger partial charge in [-0.15, -0.1) is 34.0 Å². The van der Waals surface area contributed by atoms with Crippen LogP contribution in [-0.4, -0.2) is 0 Å². The van der Waals surface area contributed by atoms with Crippen LogP contribution >= 0.6 is 34.0 Å². The molecule has 7 aromatic carbocycles. The van der Waals surface area contributed by atoms with Gasteiger partial charge in [0.15, 0.2) is 5.58 Å². The van der Waals surface area contributed by atoms with Gasteiger partial charge in [0.1, 0.15) is 5.58 Å². The highest BCUT2D eigenvalue weighted by atomic mass is 32.1. The summed E-state index contributed by atoms with van der Waals surface area (Å²) >= 11 is 5.57. The van der Waals surface area contributed by atoms with Gasteiger partial charge >= 0.3 is 0 Å². The number of rotatable bonds is 3. The van der Waals surface area contributed by atoms with E-state index in [0.717, 1.165) is 27.6 Å². The Balaban J connectivity index is 1.36. The van der Waals surface area contributed by atoms with E-state index in [9.17, 15) is 0 Å². The summed E-state index contributed by atoms with van der Waals surface area (Å²) < 4.78 is 14.4. The molecule has 0 bridgehead atoms. The van der Waals surface area contributed by atoms with E-state index in [4.69, 9.17) is 4.42 Å². The fourth-order valence-corrected chi connectivity index (χ4v) is 11.0. The van der Waals surface area contributed by atoms with Crippen LogP contribution in [0.3, 0.4) is 0 Å². The molecule has 4 aromatic heterocycles. The fraction of sp³-hybridized carbons (Fsp3) is 0. The largest absolute Gasteiger partial charge is 0.454 e. The normalized spacial score (nSPS) is 12.3. The van der Waals surface area contributed by atoms with Gasteiger partial charge in [0.2, 0.25) is 0 Å². The van der Waals surface area contributed by atoms with Crippen molar-refractivity contribution < 1.29 is 4.42 Å². The number of furan rings is 1. The third-order valence-electron chi connectivity index (χ3n) is 9.46. The molecule has 0 aliphatic heterocycles. The number of fused-ring (bicyclic) bond motifs is 13. The minimum atomic E-state index is 0.911. The Morgan fingerprint density at radius 2 is 0.851 bits per heavy atom. The smallest absolute Gasteiger partial charge is 0.155 e. The fourth-order valence-electron chi connectivity index (χ4n) is 7.43. The van der Waals surface area contributed by atoms with E-state index in [0.29, 0.717) is 0 Å². The van der Waals surface area contributed by atoms with Crippen LogP contribution in [0.1, 0.15) is 0 Å². The molecule has 47 heavy (non-hydrogen) atoms. The molecule has 0 radical (unpaired) electrons. The second-order valence-corrected chi connectivity index (χ2v) is 15.2. The number of hydrogen-bond acceptors (Lipinski definition) is 5.